The average molecular weight is 369 g/mol. The van der Waals surface area contributed by atoms with Gasteiger partial charge in [0.2, 0.25) is 0 Å². The molecule has 0 amide bonds. The molecule has 7 heteroatoms. The van der Waals surface area contributed by atoms with E-state index in [2.05, 4.69) is 15.0 Å². The van der Waals surface area contributed by atoms with E-state index in [4.69, 9.17) is 11.6 Å². The van der Waals surface area contributed by atoms with Gasteiger partial charge in [-0.2, -0.15) is 0 Å². The summed E-state index contributed by atoms with van der Waals surface area (Å²) < 4.78 is 15.6. The fourth-order valence-corrected chi connectivity index (χ4v) is 3.01. The van der Waals surface area contributed by atoms with Crippen molar-refractivity contribution in [2.75, 3.05) is 0 Å². The Kier molecular flexibility index (Phi) is 4.05. The van der Waals surface area contributed by atoms with Crippen molar-refractivity contribution in [2.45, 2.75) is 6.42 Å². The molecule has 0 radical (unpaired) electrons. The Labute approximate surface area is 153 Å². The summed E-state index contributed by atoms with van der Waals surface area (Å²) in [6, 6.07) is 13.6. The average Bonchev–Trinajstić information content (AvgIpc) is 2.95. The SMILES string of the molecule is Cn1c(-c2ccc(Cl)cc2)nc2c(=O)[nH]c(Cc3ccccc3F)nc21. The summed E-state index contributed by atoms with van der Waals surface area (Å²) in [4.78, 5) is 24.0. The van der Waals surface area contributed by atoms with Gasteiger partial charge in [0.25, 0.3) is 5.56 Å². The quantitative estimate of drug-likeness (QED) is 0.599. The minimum atomic E-state index is -0.350. The third kappa shape index (κ3) is 2.88. The monoisotopic (exact) mass is 368 g/mol. The van der Waals surface area contributed by atoms with E-state index < -0.39 is 0 Å². The van der Waals surface area contributed by atoms with Gasteiger partial charge in [-0.15, -0.1) is 0 Å². The minimum absolute atomic E-state index is 0.194. The number of nitrogens with one attached hydrogen (secondary N) is 1. The van der Waals surface area contributed by atoms with Gasteiger partial charge in [-0.3, -0.25) is 4.79 Å². The fraction of sp³-hybridized carbons (Fsp3) is 0.105. The van der Waals surface area contributed by atoms with Crippen LogP contribution in [0.1, 0.15) is 11.4 Å². The van der Waals surface area contributed by atoms with Gasteiger partial charge < -0.3 is 9.55 Å². The molecule has 0 aliphatic heterocycles. The van der Waals surface area contributed by atoms with Crippen LogP contribution in [0, 0.1) is 5.82 Å². The molecule has 0 saturated heterocycles. The smallest absolute Gasteiger partial charge is 0.279 e. The number of imidazole rings is 1. The second-order valence-electron chi connectivity index (χ2n) is 5.95. The molecular formula is C19H14ClFN4O. The second kappa shape index (κ2) is 6.38. The lowest BCUT2D eigenvalue weighted by Gasteiger charge is -2.04. The van der Waals surface area contributed by atoms with E-state index in [-0.39, 0.29) is 23.3 Å². The normalized spacial score (nSPS) is 11.2. The Bertz CT molecular complexity index is 1160. The van der Waals surface area contributed by atoms with Gasteiger partial charge in [-0.25, -0.2) is 14.4 Å². The summed E-state index contributed by atoms with van der Waals surface area (Å²) in [7, 11) is 1.79. The van der Waals surface area contributed by atoms with Gasteiger partial charge >= 0.3 is 0 Å². The van der Waals surface area contributed by atoms with Crippen molar-refractivity contribution in [3.63, 3.8) is 0 Å². The largest absolute Gasteiger partial charge is 0.312 e. The van der Waals surface area contributed by atoms with Crippen molar-refractivity contribution in [2.24, 2.45) is 7.05 Å². The Morgan fingerprint density at radius 2 is 1.85 bits per heavy atom. The van der Waals surface area contributed by atoms with Crippen LogP contribution in [-0.4, -0.2) is 19.5 Å². The van der Waals surface area contributed by atoms with E-state index >= 15 is 0 Å². The number of aromatic amines is 1. The van der Waals surface area contributed by atoms with Crippen molar-refractivity contribution >= 4 is 22.8 Å². The van der Waals surface area contributed by atoms with E-state index in [1.54, 1.807) is 41.9 Å². The van der Waals surface area contributed by atoms with E-state index in [9.17, 15) is 9.18 Å². The van der Waals surface area contributed by atoms with Crippen LogP contribution in [0.25, 0.3) is 22.6 Å². The zero-order valence-electron chi connectivity index (χ0n) is 13.8. The lowest BCUT2D eigenvalue weighted by Crippen LogP contribution is -2.13. The van der Waals surface area contributed by atoms with Crippen LogP contribution in [0.4, 0.5) is 4.39 Å². The fourth-order valence-electron chi connectivity index (χ4n) is 2.88. The zero-order valence-corrected chi connectivity index (χ0v) is 14.6. The van der Waals surface area contributed by atoms with E-state index in [0.29, 0.717) is 27.9 Å². The van der Waals surface area contributed by atoms with Gasteiger partial charge in [0, 0.05) is 24.1 Å². The van der Waals surface area contributed by atoms with Crippen LogP contribution >= 0.6 is 11.6 Å². The van der Waals surface area contributed by atoms with Crippen molar-refractivity contribution in [1.82, 2.24) is 19.5 Å². The summed E-state index contributed by atoms with van der Waals surface area (Å²) >= 11 is 5.93. The van der Waals surface area contributed by atoms with Crippen LogP contribution in [0.2, 0.25) is 5.02 Å². The molecule has 5 nitrogen and oxygen atoms in total. The lowest BCUT2D eigenvalue weighted by atomic mass is 10.1. The Morgan fingerprint density at radius 1 is 1.12 bits per heavy atom. The van der Waals surface area contributed by atoms with Crippen molar-refractivity contribution in [3.05, 3.63) is 81.1 Å². The Hall–Kier alpha value is -2.99. The number of hydrogen-bond acceptors (Lipinski definition) is 3. The third-order valence-electron chi connectivity index (χ3n) is 4.20. The van der Waals surface area contributed by atoms with Gasteiger partial charge in [-0.05, 0) is 35.9 Å². The summed E-state index contributed by atoms with van der Waals surface area (Å²) in [5.41, 5.74) is 1.64. The molecule has 2 aromatic heterocycles. The summed E-state index contributed by atoms with van der Waals surface area (Å²) in [6.45, 7) is 0. The first-order valence-electron chi connectivity index (χ1n) is 7.98. The molecule has 0 aliphatic rings. The predicted octanol–water partition coefficient (Wildman–Crippen LogP) is 3.71. The van der Waals surface area contributed by atoms with Crippen LogP contribution in [-0.2, 0) is 13.5 Å². The zero-order chi connectivity index (χ0) is 18.3. The summed E-state index contributed by atoms with van der Waals surface area (Å²) in [5, 5.41) is 0.621. The maximum absolute atomic E-state index is 13.9. The first kappa shape index (κ1) is 16.5. The van der Waals surface area contributed by atoms with E-state index in [1.165, 1.54) is 6.07 Å². The third-order valence-corrected chi connectivity index (χ3v) is 4.45. The standard InChI is InChI=1S/C19H14ClFN4O/c1-25-17(11-6-8-13(20)9-7-11)24-16-18(25)22-15(23-19(16)26)10-12-4-2-3-5-14(12)21/h2-9H,10H2,1H3,(H,22,23,26). The Morgan fingerprint density at radius 3 is 2.58 bits per heavy atom. The molecule has 0 bridgehead atoms. The van der Waals surface area contributed by atoms with Gasteiger partial charge in [-0.1, -0.05) is 29.8 Å². The molecule has 2 heterocycles. The van der Waals surface area contributed by atoms with Crippen LogP contribution < -0.4 is 5.56 Å². The van der Waals surface area contributed by atoms with Gasteiger partial charge in [0.15, 0.2) is 11.2 Å². The second-order valence-corrected chi connectivity index (χ2v) is 6.39. The molecule has 26 heavy (non-hydrogen) atoms. The molecule has 0 aliphatic carbocycles. The highest BCUT2D eigenvalue weighted by Gasteiger charge is 2.15. The number of nitrogens with zero attached hydrogens (tertiary/aromatic N) is 3. The molecule has 130 valence electrons. The predicted molar refractivity (Wildman–Crippen MR) is 98.8 cm³/mol. The van der Waals surface area contributed by atoms with E-state index in [1.807, 2.05) is 12.1 Å². The minimum Gasteiger partial charge on any atom is -0.312 e. The van der Waals surface area contributed by atoms with Crippen LogP contribution in [0.15, 0.2) is 53.3 Å². The molecular weight excluding hydrogens is 355 g/mol. The molecule has 1 N–H and O–H groups in total. The molecule has 2 aromatic carbocycles. The van der Waals surface area contributed by atoms with Gasteiger partial charge in [0.1, 0.15) is 17.5 Å². The summed E-state index contributed by atoms with van der Waals surface area (Å²) in [6.07, 6.45) is 0.194. The number of hydrogen-bond donors (Lipinski definition) is 1. The number of halogens is 2. The van der Waals surface area contributed by atoms with Gasteiger partial charge in [0.05, 0.1) is 0 Å². The topological polar surface area (TPSA) is 63.6 Å². The number of H-pyrrole nitrogens is 1. The number of rotatable bonds is 3. The Balaban J connectivity index is 1.82. The highest BCUT2D eigenvalue weighted by Crippen LogP contribution is 2.23. The number of fused-ring (bicyclic) bond motifs is 1. The molecule has 0 fully saturated rings. The number of aryl methyl sites for hydroxylation is 1. The maximum atomic E-state index is 13.9. The highest BCUT2D eigenvalue weighted by molar-refractivity contribution is 6.30. The number of aromatic nitrogens is 4. The van der Waals surface area contributed by atoms with Crippen molar-refractivity contribution in [3.8, 4) is 11.4 Å². The molecule has 0 saturated carbocycles. The molecule has 0 unspecified atom stereocenters. The molecule has 4 rings (SSSR count). The van der Waals surface area contributed by atoms with Crippen molar-refractivity contribution < 1.29 is 4.39 Å². The summed E-state index contributed by atoms with van der Waals surface area (Å²) in [5.74, 6) is 0.665. The van der Waals surface area contributed by atoms with E-state index in [0.717, 1.165) is 5.56 Å². The first-order chi connectivity index (χ1) is 12.5. The van der Waals surface area contributed by atoms with Crippen LogP contribution in [0.5, 0.6) is 0 Å². The molecule has 4 aromatic rings. The number of benzene rings is 2. The lowest BCUT2D eigenvalue weighted by molar-refractivity contribution is 0.612. The highest BCUT2D eigenvalue weighted by atomic mass is 35.5. The maximum Gasteiger partial charge on any atom is 0.279 e. The van der Waals surface area contributed by atoms with Crippen molar-refractivity contribution in [1.29, 1.82) is 0 Å². The molecule has 0 atom stereocenters. The van der Waals surface area contributed by atoms with Crippen LogP contribution in [0.3, 0.4) is 0 Å². The molecule has 0 spiro atoms. The first-order valence-corrected chi connectivity index (χ1v) is 8.35.